The number of carbonyl (C=O) groups is 3. The van der Waals surface area contributed by atoms with E-state index in [-0.39, 0.29) is 24.2 Å². The van der Waals surface area contributed by atoms with Crippen LogP contribution in [0, 0.1) is 28.6 Å². The predicted molar refractivity (Wildman–Crippen MR) is 130 cm³/mol. The number of allylic oxidation sites excluding steroid dienone is 4. The topological polar surface area (TPSA) is 113 Å². The number of alkyl carbamates (subject to hydrolysis) is 1. The average Bonchev–Trinajstić information content (AvgIpc) is 3.40. The van der Waals surface area contributed by atoms with Crippen molar-refractivity contribution in [3.05, 3.63) is 23.8 Å². The molecule has 5 aliphatic rings. The molecule has 0 aromatic heterocycles. The Balaban J connectivity index is 1.39. The van der Waals surface area contributed by atoms with Crippen LogP contribution in [0.5, 0.6) is 0 Å². The zero-order valence-corrected chi connectivity index (χ0v) is 21.4. The van der Waals surface area contributed by atoms with E-state index < -0.39 is 58.5 Å². The van der Waals surface area contributed by atoms with Crippen LogP contribution in [0.1, 0.15) is 72.1 Å². The van der Waals surface area contributed by atoms with Gasteiger partial charge in [0, 0.05) is 22.8 Å². The second-order valence-corrected chi connectivity index (χ2v) is 12.3. The number of ketones is 2. The van der Waals surface area contributed by atoms with Gasteiger partial charge in [0.1, 0.15) is 5.60 Å². The summed E-state index contributed by atoms with van der Waals surface area (Å²) in [5.74, 6) is -2.23. The van der Waals surface area contributed by atoms with E-state index in [2.05, 4.69) is 5.32 Å². The summed E-state index contributed by atoms with van der Waals surface area (Å²) in [7, 11) is 0. The molecule has 0 aromatic carbocycles. The predicted octanol–water partition coefficient (Wildman–Crippen LogP) is 3.57. The third-order valence-electron chi connectivity index (χ3n) is 10.7. The first-order chi connectivity index (χ1) is 16.9. The van der Waals surface area contributed by atoms with E-state index in [1.54, 1.807) is 26.8 Å². The Bertz CT molecular complexity index is 1040. The minimum absolute atomic E-state index is 0.0462. The monoisotopic (exact) mass is 503 g/mol. The summed E-state index contributed by atoms with van der Waals surface area (Å²) < 4.78 is 22.4. The van der Waals surface area contributed by atoms with Gasteiger partial charge in [0.25, 0.3) is 0 Å². The fourth-order valence-corrected chi connectivity index (χ4v) is 8.66. The summed E-state index contributed by atoms with van der Waals surface area (Å²) in [5.41, 5.74) is -5.40. The molecule has 7 nitrogen and oxygen atoms in total. The van der Waals surface area contributed by atoms with E-state index in [0.29, 0.717) is 24.8 Å². The maximum atomic E-state index is 17.2. The molecule has 0 spiro atoms. The molecule has 0 aromatic rings. The molecule has 0 radical (unpaired) electrons. The number of ether oxygens (including phenoxy) is 1. The smallest absolute Gasteiger partial charge is 0.407 e. The number of fused-ring (bicyclic) bond motifs is 5. The van der Waals surface area contributed by atoms with Crippen LogP contribution < -0.4 is 5.32 Å². The average molecular weight is 504 g/mol. The molecule has 4 fully saturated rings. The van der Waals surface area contributed by atoms with E-state index in [4.69, 9.17) is 4.74 Å². The molecule has 0 saturated heterocycles. The number of halogens is 1. The molecule has 8 heteroatoms. The molecular formula is C28H38FNO6. The first kappa shape index (κ1) is 25.6. The molecule has 36 heavy (non-hydrogen) atoms. The van der Waals surface area contributed by atoms with Crippen molar-refractivity contribution in [2.75, 3.05) is 6.61 Å². The lowest BCUT2D eigenvalue weighted by Crippen LogP contribution is -2.69. The van der Waals surface area contributed by atoms with E-state index in [1.165, 1.54) is 12.2 Å². The van der Waals surface area contributed by atoms with Gasteiger partial charge in [-0.15, -0.1) is 0 Å². The van der Waals surface area contributed by atoms with E-state index in [0.717, 1.165) is 25.7 Å². The minimum atomic E-state index is -2.02. The minimum Gasteiger partial charge on any atom is -0.441 e. The number of hydrogen-bond donors (Lipinski definition) is 3. The number of aliphatic hydroxyl groups excluding tert-OH is 1. The molecule has 1 amide bonds. The van der Waals surface area contributed by atoms with Crippen molar-refractivity contribution in [2.24, 2.45) is 28.6 Å². The quantitative estimate of drug-likeness (QED) is 0.541. The Morgan fingerprint density at radius 3 is 2.58 bits per heavy atom. The molecule has 0 bridgehead atoms. The largest absolute Gasteiger partial charge is 0.441 e. The second-order valence-electron chi connectivity index (χ2n) is 12.3. The molecule has 8 atom stereocenters. The standard InChI is InChI=1S/C28H38FNO6/c1-16-12-21-20-9-8-17-13-19(31)10-11-25(17,2)27(20,29)22(32)14-26(21,3)28(16,35)23(33)15-36-24(34)30-18-6-4-5-7-18/h10-11,13,16,18,20-22,32,35H,4-9,12,14-15H2,1-3H3,(H,30,34)/t16-,20+,21+,22+,25+,26+,27+,28+/m1/s1. The Hall–Kier alpha value is -2.06. The highest BCUT2D eigenvalue weighted by atomic mass is 19.1. The molecule has 5 aliphatic carbocycles. The SMILES string of the molecule is C[C@@H]1C[C@H]2[C@@H]3CCC4=CC(=O)C=C[C@]4(C)[C@@]3(F)[C@@H](O)C[C@]2(C)[C@@]1(O)C(=O)COC(=O)NC1CCCC1. The normalized spacial score (nSPS) is 45.9. The fraction of sp³-hybridized carbons (Fsp3) is 0.750. The van der Waals surface area contributed by atoms with Gasteiger partial charge in [-0.25, -0.2) is 9.18 Å². The van der Waals surface area contributed by atoms with Crippen molar-refractivity contribution in [3.63, 3.8) is 0 Å². The lowest BCUT2D eigenvalue weighted by atomic mass is 9.44. The van der Waals surface area contributed by atoms with Crippen LogP contribution in [0.3, 0.4) is 0 Å². The van der Waals surface area contributed by atoms with Crippen LogP contribution in [0.25, 0.3) is 0 Å². The molecule has 198 valence electrons. The van der Waals surface area contributed by atoms with Crippen LogP contribution in [-0.4, -0.2) is 57.9 Å². The number of rotatable bonds is 4. The van der Waals surface area contributed by atoms with E-state index in [9.17, 15) is 24.6 Å². The van der Waals surface area contributed by atoms with E-state index in [1.807, 2.05) is 0 Å². The van der Waals surface area contributed by atoms with Crippen LogP contribution in [0.15, 0.2) is 23.8 Å². The van der Waals surface area contributed by atoms with Gasteiger partial charge in [-0.2, -0.15) is 0 Å². The molecular weight excluding hydrogens is 465 g/mol. The zero-order valence-electron chi connectivity index (χ0n) is 21.4. The molecule has 3 N–H and O–H groups in total. The number of nitrogens with one attached hydrogen (secondary N) is 1. The van der Waals surface area contributed by atoms with Gasteiger partial charge in [0.15, 0.2) is 18.1 Å². The van der Waals surface area contributed by atoms with Gasteiger partial charge in [-0.1, -0.05) is 38.3 Å². The van der Waals surface area contributed by atoms with Crippen LogP contribution in [0.2, 0.25) is 0 Å². The highest BCUT2D eigenvalue weighted by molar-refractivity contribution is 6.01. The summed E-state index contributed by atoms with van der Waals surface area (Å²) in [4.78, 5) is 37.7. The summed E-state index contributed by atoms with van der Waals surface area (Å²) in [6.07, 6.45) is 7.47. The molecule has 4 saturated carbocycles. The van der Waals surface area contributed by atoms with Gasteiger partial charge < -0.3 is 20.3 Å². The number of amides is 1. The maximum absolute atomic E-state index is 17.2. The second kappa shape index (κ2) is 8.48. The van der Waals surface area contributed by atoms with Gasteiger partial charge in [-0.3, -0.25) is 9.59 Å². The molecule has 0 aliphatic heterocycles. The number of carbonyl (C=O) groups excluding carboxylic acids is 3. The number of aliphatic hydroxyl groups is 2. The fourth-order valence-electron chi connectivity index (χ4n) is 8.66. The Morgan fingerprint density at radius 2 is 1.89 bits per heavy atom. The van der Waals surface area contributed by atoms with Crippen LogP contribution in [0.4, 0.5) is 9.18 Å². The van der Waals surface area contributed by atoms with Crippen molar-refractivity contribution in [2.45, 2.75) is 95.6 Å². The lowest BCUT2D eigenvalue weighted by Gasteiger charge is -2.62. The Kier molecular flexibility index (Phi) is 6.03. The third-order valence-corrected chi connectivity index (χ3v) is 10.7. The van der Waals surface area contributed by atoms with Crippen molar-refractivity contribution in [3.8, 4) is 0 Å². The van der Waals surface area contributed by atoms with Crippen molar-refractivity contribution >= 4 is 17.7 Å². The van der Waals surface area contributed by atoms with Crippen LogP contribution in [-0.2, 0) is 14.3 Å². The zero-order chi connectivity index (χ0) is 26.1. The van der Waals surface area contributed by atoms with Gasteiger partial charge in [0.2, 0.25) is 5.78 Å². The number of hydrogen-bond acceptors (Lipinski definition) is 6. The van der Waals surface area contributed by atoms with Gasteiger partial charge >= 0.3 is 6.09 Å². The Morgan fingerprint density at radius 1 is 1.19 bits per heavy atom. The Labute approximate surface area is 211 Å². The summed E-state index contributed by atoms with van der Waals surface area (Å²) >= 11 is 0. The summed E-state index contributed by atoms with van der Waals surface area (Å²) in [5, 5.41) is 26.1. The third kappa shape index (κ3) is 3.32. The summed E-state index contributed by atoms with van der Waals surface area (Å²) in [6, 6.07) is 0.0462. The van der Waals surface area contributed by atoms with Crippen molar-refractivity contribution in [1.29, 1.82) is 0 Å². The first-order valence-corrected chi connectivity index (χ1v) is 13.4. The lowest BCUT2D eigenvalue weighted by molar-refractivity contribution is -0.219. The first-order valence-electron chi connectivity index (χ1n) is 13.4. The molecule has 0 heterocycles. The van der Waals surface area contributed by atoms with Crippen molar-refractivity contribution < 1.29 is 33.7 Å². The number of alkyl halides is 1. The summed E-state index contributed by atoms with van der Waals surface area (Å²) in [6.45, 7) is 4.72. The van der Waals surface area contributed by atoms with Crippen molar-refractivity contribution in [1.82, 2.24) is 5.32 Å². The maximum Gasteiger partial charge on any atom is 0.407 e. The van der Waals surface area contributed by atoms with E-state index >= 15 is 4.39 Å². The molecule has 5 rings (SSSR count). The highest BCUT2D eigenvalue weighted by Gasteiger charge is 2.75. The van der Waals surface area contributed by atoms with Gasteiger partial charge in [0.05, 0.1) is 6.10 Å². The number of Topliss-reactive ketones (excluding diaryl/α,β-unsaturated/α-hetero) is 1. The molecule has 0 unspecified atom stereocenters. The van der Waals surface area contributed by atoms with Crippen LogP contribution >= 0.6 is 0 Å². The highest BCUT2D eigenvalue weighted by Crippen LogP contribution is 2.70. The van der Waals surface area contributed by atoms with Gasteiger partial charge in [-0.05, 0) is 69.4 Å².